The Morgan fingerprint density at radius 1 is 0.867 bits per heavy atom. The second kappa shape index (κ2) is 8.85. The maximum absolute atomic E-state index is 10.4. The van der Waals surface area contributed by atoms with Gasteiger partial charge in [0.2, 0.25) is 0 Å². The van der Waals surface area contributed by atoms with Crippen LogP contribution in [0.2, 0.25) is 0 Å². The van der Waals surface area contributed by atoms with Crippen LogP contribution in [0.15, 0.2) is 0 Å². The summed E-state index contributed by atoms with van der Waals surface area (Å²) in [5.41, 5.74) is 0. The van der Waals surface area contributed by atoms with Crippen LogP contribution >= 0.6 is 0 Å². The summed E-state index contributed by atoms with van der Waals surface area (Å²) in [6.45, 7) is 0. The van der Waals surface area contributed by atoms with E-state index in [2.05, 4.69) is 0 Å². The van der Waals surface area contributed by atoms with Crippen molar-refractivity contribution in [1.29, 1.82) is 0 Å². The molecule has 0 rings (SSSR count). The van der Waals surface area contributed by atoms with Gasteiger partial charge in [-0.15, -0.1) is 0 Å². The van der Waals surface area contributed by atoms with Crippen molar-refractivity contribution in [3.63, 3.8) is 0 Å². The summed E-state index contributed by atoms with van der Waals surface area (Å²) in [7, 11) is -3.77. The van der Waals surface area contributed by atoms with Crippen molar-refractivity contribution < 1.29 is 17.8 Å². The first-order chi connectivity index (χ1) is 7.06. The molecule has 0 atom stereocenters. The second-order valence-electron chi connectivity index (χ2n) is 3.72. The summed E-state index contributed by atoms with van der Waals surface area (Å²) >= 11 is 0. The van der Waals surface area contributed by atoms with Gasteiger partial charge < -0.3 is 4.79 Å². The Bertz CT molecular complexity index is 246. The lowest BCUT2D eigenvalue weighted by atomic mass is 10.1. The van der Waals surface area contributed by atoms with Crippen LogP contribution in [0.25, 0.3) is 0 Å². The van der Waals surface area contributed by atoms with Gasteiger partial charge >= 0.3 is 0 Å². The SMILES string of the molecule is O=CCCCCCCCCCS(=O)(=O)O. The molecule has 0 aromatic carbocycles. The fourth-order valence-corrected chi connectivity index (χ4v) is 1.96. The van der Waals surface area contributed by atoms with E-state index in [0.717, 1.165) is 44.8 Å². The van der Waals surface area contributed by atoms with E-state index in [1.165, 1.54) is 0 Å². The largest absolute Gasteiger partial charge is 0.303 e. The summed E-state index contributed by atoms with van der Waals surface area (Å²) in [6.07, 6.45) is 8.14. The number of aldehydes is 1. The molecule has 0 spiro atoms. The monoisotopic (exact) mass is 236 g/mol. The quantitative estimate of drug-likeness (QED) is 0.358. The van der Waals surface area contributed by atoms with Gasteiger partial charge in [-0.05, 0) is 12.8 Å². The van der Waals surface area contributed by atoms with Gasteiger partial charge in [-0.3, -0.25) is 4.55 Å². The molecule has 90 valence electrons. The van der Waals surface area contributed by atoms with Crippen molar-refractivity contribution in [2.75, 3.05) is 5.75 Å². The minimum absolute atomic E-state index is 0.127. The highest BCUT2D eigenvalue weighted by Crippen LogP contribution is 2.08. The standard InChI is InChI=1S/C10H20O4S/c11-9-7-5-3-1-2-4-6-8-10-15(12,13)14/h9H,1-8,10H2,(H,12,13,14). The second-order valence-corrected chi connectivity index (χ2v) is 5.29. The van der Waals surface area contributed by atoms with Crippen molar-refractivity contribution in [3.05, 3.63) is 0 Å². The van der Waals surface area contributed by atoms with Crippen LogP contribution in [0.4, 0.5) is 0 Å². The summed E-state index contributed by atoms with van der Waals surface area (Å²) in [6, 6.07) is 0. The van der Waals surface area contributed by atoms with E-state index >= 15 is 0 Å². The molecule has 0 bridgehead atoms. The van der Waals surface area contributed by atoms with Crippen LogP contribution in [-0.2, 0) is 14.9 Å². The van der Waals surface area contributed by atoms with E-state index < -0.39 is 10.1 Å². The molecule has 1 N–H and O–H groups in total. The number of hydrogen-bond donors (Lipinski definition) is 1. The van der Waals surface area contributed by atoms with Gasteiger partial charge in [-0.1, -0.05) is 32.1 Å². The first kappa shape index (κ1) is 14.6. The maximum Gasteiger partial charge on any atom is 0.264 e. The molecular formula is C10H20O4S. The average Bonchev–Trinajstić information content (AvgIpc) is 2.14. The van der Waals surface area contributed by atoms with Crippen LogP contribution in [0.5, 0.6) is 0 Å². The smallest absolute Gasteiger partial charge is 0.264 e. The van der Waals surface area contributed by atoms with Crippen molar-refractivity contribution >= 4 is 16.4 Å². The fraction of sp³-hybridized carbons (Fsp3) is 0.900. The summed E-state index contributed by atoms with van der Waals surface area (Å²) in [5.74, 6) is -0.127. The third-order valence-corrected chi connectivity index (χ3v) is 3.03. The predicted molar refractivity (Wildman–Crippen MR) is 59.4 cm³/mol. The van der Waals surface area contributed by atoms with E-state index in [1.807, 2.05) is 0 Å². The molecule has 0 aromatic heterocycles. The fourth-order valence-electron chi connectivity index (χ4n) is 1.40. The predicted octanol–water partition coefficient (Wildman–Crippen LogP) is 2.19. The molecule has 4 nitrogen and oxygen atoms in total. The zero-order valence-electron chi connectivity index (χ0n) is 9.02. The van der Waals surface area contributed by atoms with Crippen molar-refractivity contribution in [2.45, 2.75) is 51.4 Å². The molecule has 0 unspecified atom stereocenters. The molecule has 0 aliphatic rings. The Hall–Kier alpha value is -0.420. The number of rotatable bonds is 10. The van der Waals surface area contributed by atoms with Crippen molar-refractivity contribution in [3.8, 4) is 0 Å². The average molecular weight is 236 g/mol. The molecule has 0 saturated heterocycles. The molecule has 0 radical (unpaired) electrons. The highest BCUT2D eigenvalue weighted by Gasteiger charge is 2.02. The Kier molecular flexibility index (Phi) is 8.61. The Morgan fingerprint density at radius 2 is 1.33 bits per heavy atom. The van der Waals surface area contributed by atoms with Gasteiger partial charge in [0, 0.05) is 6.42 Å². The molecule has 15 heavy (non-hydrogen) atoms. The Balaban J connectivity index is 3.08. The van der Waals surface area contributed by atoms with Crippen LogP contribution in [0.3, 0.4) is 0 Å². The Labute approximate surface area is 91.8 Å². The van der Waals surface area contributed by atoms with Crippen LogP contribution < -0.4 is 0 Å². The molecule has 0 aliphatic carbocycles. The summed E-state index contributed by atoms with van der Waals surface area (Å²) in [5, 5.41) is 0. The molecule has 0 aromatic rings. The van der Waals surface area contributed by atoms with E-state index in [9.17, 15) is 13.2 Å². The lowest BCUT2D eigenvalue weighted by Gasteiger charge is -2.00. The highest BCUT2D eigenvalue weighted by molar-refractivity contribution is 7.85. The molecular weight excluding hydrogens is 216 g/mol. The maximum atomic E-state index is 10.4. The summed E-state index contributed by atoms with van der Waals surface area (Å²) in [4.78, 5) is 9.99. The third kappa shape index (κ3) is 13.6. The van der Waals surface area contributed by atoms with Gasteiger partial charge in [0.25, 0.3) is 10.1 Å². The summed E-state index contributed by atoms with van der Waals surface area (Å²) < 4.78 is 29.2. The zero-order valence-corrected chi connectivity index (χ0v) is 9.84. The van der Waals surface area contributed by atoms with Gasteiger partial charge in [-0.25, -0.2) is 0 Å². The lowest BCUT2D eigenvalue weighted by Crippen LogP contribution is -2.03. The minimum Gasteiger partial charge on any atom is -0.303 e. The van der Waals surface area contributed by atoms with E-state index in [4.69, 9.17) is 4.55 Å². The first-order valence-corrected chi connectivity index (χ1v) is 7.06. The number of hydrogen-bond acceptors (Lipinski definition) is 3. The van der Waals surface area contributed by atoms with E-state index in [1.54, 1.807) is 0 Å². The normalized spacial score (nSPS) is 11.5. The van der Waals surface area contributed by atoms with Gasteiger partial charge in [0.1, 0.15) is 6.29 Å². The molecule has 0 amide bonds. The number of carbonyl (C=O) groups excluding carboxylic acids is 1. The van der Waals surface area contributed by atoms with Gasteiger partial charge in [0.15, 0.2) is 0 Å². The van der Waals surface area contributed by atoms with Crippen LogP contribution in [-0.4, -0.2) is 25.0 Å². The number of carbonyl (C=O) groups is 1. The number of unbranched alkanes of at least 4 members (excludes halogenated alkanes) is 7. The minimum atomic E-state index is -3.77. The molecule has 0 heterocycles. The van der Waals surface area contributed by atoms with E-state index in [-0.39, 0.29) is 5.75 Å². The van der Waals surface area contributed by atoms with E-state index in [0.29, 0.717) is 12.8 Å². The molecule has 0 fully saturated rings. The first-order valence-electron chi connectivity index (χ1n) is 5.45. The van der Waals surface area contributed by atoms with Gasteiger partial charge in [0.05, 0.1) is 5.75 Å². The Morgan fingerprint density at radius 3 is 1.80 bits per heavy atom. The van der Waals surface area contributed by atoms with Crippen molar-refractivity contribution in [2.24, 2.45) is 0 Å². The zero-order chi connectivity index (χ0) is 11.6. The molecule has 0 saturated carbocycles. The van der Waals surface area contributed by atoms with Crippen LogP contribution in [0, 0.1) is 0 Å². The molecule has 5 heteroatoms. The van der Waals surface area contributed by atoms with Crippen LogP contribution in [0.1, 0.15) is 51.4 Å². The molecule has 0 aliphatic heterocycles. The third-order valence-electron chi connectivity index (χ3n) is 2.22. The van der Waals surface area contributed by atoms with Gasteiger partial charge in [-0.2, -0.15) is 8.42 Å². The van der Waals surface area contributed by atoms with Crippen molar-refractivity contribution in [1.82, 2.24) is 0 Å². The lowest BCUT2D eigenvalue weighted by molar-refractivity contribution is -0.107. The highest BCUT2D eigenvalue weighted by atomic mass is 32.2. The topological polar surface area (TPSA) is 71.4 Å².